The second-order valence-electron chi connectivity index (χ2n) is 9.38. The van der Waals surface area contributed by atoms with Crippen molar-refractivity contribution in [3.63, 3.8) is 0 Å². The van der Waals surface area contributed by atoms with Crippen LogP contribution in [0.2, 0.25) is 5.02 Å². The van der Waals surface area contributed by atoms with E-state index in [2.05, 4.69) is 36.4 Å². The molecule has 2 fully saturated rings. The molecule has 1 aliphatic heterocycles. The van der Waals surface area contributed by atoms with E-state index in [0.29, 0.717) is 35.1 Å². The Morgan fingerprint density at radius 3 is 2.80 bits per heavy atom. The summed E-state index contributed by atoms with van der Waals surface area (Å²) in [4.78, 5) is 43.5. The Hall–Kier alpha value is -2.61. The number of halogens is 1. The molecule has 0 radical (unpaired) electrons. The molecule has 2 atom stereocenters. The first-order valence-electron chi connectivity index (χ1n) is 10.1. The van der Waals surface area contributed by atoms with E-state index in [1.165, 1.54) is 0 Å². The van der Waals surface area contributed by atoms with Crippen LogP contribution in [0.15, 0.2) is 24.5 Å². The number of pyridine rings is 1. The summed E-state index contributed by atoms with van der Waals surface area (Å²) in [5.41, 5.74) is 0.417. The van der Waals surface area contributed by atoms with Gasteiger partial charge in [-0.15, -0.1) is 0 Å². The third kappa shape index (κ3) is 3.88. The first-order valence-corrected chi connectivity index (χ1v) is 10.5. The second kappa shape index (κ2) is 7.27. The highest BCUT2D eigenvalue weighted by molar-refractivity contribution is 6.30. The summed E-state index contributed by atoms with van der Waals surface area (Å²) >= 11 is 5.97. The molecule has 4 rings (SSSR count). The molecule has 160 valence electrons. The van der Waals surface area contributed by atoms with Crippen molar-refractivity contribution in [2.45, 2.75) is 52.1 Å². The van der Waals surface area contributed by atoms with Gasteiger partial charge in [-0.25, -0.2) is 9.78 Å². The SMILES string of the molecule is CC1CC(C)(C)CC2(C1)NC(=O)N(CC(=O)NCc1cn3cc(Cl)ccc3n1)C2=O. The number of nitrogens with zero attached hydrogens (tertiary/aromatic N) is 3. The summed E-state index contributed by atoms with van der Waals surface area (Å²) < 4.78 is 1.77. The topological polar surface area (TPSA) is 95.8 Å². The average molecular weight is 432 g/mol. The zero-order chi connectivity index (χ0) is 21.7. The van der Waals surface area contributed by atoms with Crippen molar-refractivity contribution < 1.29 is 14.4 Å². The molecule has 0 aromatic carbocycles. The van der Waals surface area contributed by atoms with Crippen LogP contribution in [-0.4, -0.2) is 44.2 Å². The van der Waals surface area contributed by atoms with Crippen molar-refractivity contribution in [1.82, 2.24) is 24.9 Å². The highest BCUT2D eigenvalue weighted by Crippen LogP contribution is 2.46. The van der Waals surface area contributed by atoms with Crippen LogP contribution in [-0.2, 0) is 16.1 Å². The summed E-state index contributed by atoms with van der Waals surface area (Å²) in [5.74, 6) is -0.395. The smallest absolute Gasteiger partial charge is 0.325 e. The van der Waals surface area contributed by atoms with Crippen molar-refractivity contribution in [2.24, 2.45) is 11.3 Å². The first kappa shape index (κ1) is 20.7. The van der Waals surface area contributed by atoms with E-state index in [4.69, 9.17) is 11.6 Å². The van der Waals surface area contributed by atoms with Gasteiger partial charge in [-0.05, 0) is 42.7 Å². The number of nitrogens with one attached hydrogen (secondary N) is 2. The minimum atomic E-state index is -0.903. The Labute approximate surface area is 180 Å². The normalized spacial score (nSPS) is 25.7. The number of imidazole rings is 1. The molecule has 9 heteroatoms. The quantitative estimate of drug-likeness (QED) is 0.727. The minimum absolute atomic E-state index is 0.0507. The zero-order valence-electron chi connectivity index (χ0n) is 17.4. The highest BCUT2D eigenvalue weighted by Gasteiger charge is 2.56. The van der Waals surface area contributed by atoms with Crippen LogP contribution in [0, 0.1) is 11.3 Å². The van der Waals surface area contributed by atoms with Crippen LogP contribution < -0.4 is 10.6 Å². The molecule has 1 saturated heterocycles. The fourth-order valence-corrected chi connectivity index (χ4v) is 5.31. The zero-order valence-corrected chi connectivity index (χ0v) is 18.1. The third-order valence-corrected chi connectivity index (χ3v) is 6.08. The Kier molecular flexibility index (Phi) is 5.00. The van der Waals surface area contributed by atoms with Gasteiger partial charge in [-0.3, -0.25) is 14.5 Å². The third-order valence-electron chi connectivity index (χ3n) is 5.86. The molecule has 0 bridgehead atoms. The molecular formula is C21H26ClN5O3. The molecule has 8 nitrogen and oxygen atoms in total. The van der Waals surface area contributed by atoms with Gasteiger partial charge < -0.3 is 15.0 Å². The van der Waals surface area contributed by atoms with Crippen molar-refractivity contribution in [3.8, 4) is 0 Å². The van der Waals surface area contributed by atoms with Crippen molar-refractivity contribution in [1.29, 1.82) is 0 Å². The van der Waals surface area contributed by atoms with Gasteiger partial charge in [-0.2, -0.15) is 0 Å². The van der Waals surface area contributed by atoms with Crippen LogP contribution in [0.5, 0.6) is 0 Å². The molecule has 2 aromatic heterocycles. The largest absolute Gasteiger partial charge is 0.349 e. The fraction of sp³-hybridized carbons (Fsp3) is 0.524. The number of urea groups is 1. The Morgan fingerprint density at radius 1 is 1.30 bits per heavy atom. The monoisotopic (exact) mass is 431 g/mol. The molecule has 4 amide bonds. The summed E-state index contributed by atoms with van der Waals surface area (Å²) in [6, 6.07) is 3.03. The molecular weight excluding hydrogens is 406 g/mol. The van der Waals surface area contributed by atoms with Crippen LogP contribution in [0.4, 0.5) is 4.79 Å². The van der Waals surface area contributed by atoms with E-state index >= 15 is 0 Å². The minimum Gasteiger partial charge on any atom is -0.349 e. The maximum atomic E-state index is 13.1. The Bertz CT molecular complexity index is 1030. The van der Waals surface area contributed by atoms with Gasteiger partial charge >= 0.3 is 6.03 Å². The van der Waals surface area contributed by atoms with Gasteiger partial charge in [-0.1, -0.05) is 32.4 Å². The predicted octanol–water partition coefficient (Wildman–Crippen LogP) is 2.74. The van der Waals surface area contributed by atoms with Gasteiger partial charge in [0.05, 0.1) is 17.3 Å². The van der Waals surface area contributed by atoms with Gasteiger partial charge in [0, 0.05) is 12.4 Å². The number of hydrogen-bond donors (Lipinski definition) is 2. The first-order chi connectivity index (χ1) is 14.1. The van der Waals surface area contributed by atoms with E-state index in [-0.39, 0.29) is 24.4 Å². The summed E-state index contributed by atoms with van der Waals surface area (Å²) in [7, 11) is 0. The summed E-state index contributed by atoms with van der Waals surface area (Å²) in [5, 5.41) is 6.21. The van der Waals surface area contributed by atoms with E-state index in [1.807, 2.05) is 0 Å². The van der Waals surface area contributed by atoms with Gasteiger partial charge in [0.2, 0.25) is 5.91 Å². The molecule has 1 aliphatic carbocycles. The lowest BCUT2D eigenvalue weighted by molar-refractivity contribution is -0.137. The maximum absolute atomic E-state index is 13.1. The lowest BCUT2D eigenvalue weighted by atomic mass is 9.64. The number of fused-ring (bicyclic) bond motifs is 1. The predicted molar refractivity (Wildman–Crippen MR) is 112 cm³/mol. The number of imide groups is 1. The van der Waals surface area contributed by atoms with Crippen molar-refractivity contribution >= 4 is 35.1 Å². The lowest BCUT2D eigenvalue weighted by Gasteiger charge is -2.43. The molecule has 30 heavy (non-hydrogen) atoms. The van der Waals surface area contributed by atoms with Crippen LogP contribution in [0.1, 0.15) is 45.7 Å². The van der Waals surface area contributed by atoms with Crippen LogP contribution >= 0.6 is 11.6 Å². The number of carbonyl (C=O) groups excluding carboxylic acids is 3. The second-order valence-corrected chi connectivity index (χ2v) is 9.82. The summed E-state index contributed by atoms with van der Waals surface area (Å²) in [6.07, 6.45) is 5.69. The molecule has 1 saturated carbocycles. The Morgan fingerprint density at radius 2 is 2.07 bits per heavy atom. The van der Waals surface area contributed by atoms with E-state index in [1.54, 1.807) is 28.9 Å². The molecule has 2 N–H and O–H groups in total. The van der Waals surface area contributed by atoms with Gasteiger partial charge in [0.15, 0.2) is 0 Å². The van der Waals surface area contributed by atoms with E-state index in [0.717, 1.165) is 11.3 Å². The molecule has 2 unspecified atom stereocenters. The van der Waals surface area contributed by atoms with Crippen LogP contribution in [0.25, 0.3) is 5.65 Å². The highest BCUT2D eigenvalue weighted by atomic mass is 35.5. The van der Waals surface area contributed by atoms with Gasteiger partial charge in [0.25, 0.3) is 5.91 Å². The van der Waals surface area contributed by atoms with Crippen LogP contribution in [0.3, 0.4) is 0 Å². The lowest BCUT2D eigenvalue weighted by Crippen LogP contribution is -2.54. The van der Waals surface area contributed by atoms with E-state index < -0.39 is 17.5 Å². The standard InChI is InChI=1S/C21H26ClN5O3/c1-13-6-20(2,3)12-21(7-13)18(29)27(19(30)25-21)11-17(28)23-8-15-10-26-9-14(22)4-5-16(26)24-15/h4-5,9-10,13H,6-8,11-12H2,1-3H3,(H,23,28)(H,25,30). The van der Waals surface area contributed by atoms with Crippen molar-refractivity contribution in [2.75, 3.05) is 6.54 Å². The number of aromatic nitrogens is 2. The molecule has 2 aliphatic rings. The average Bonchev–Trinajstić information content (AvgIpc) is 3.12. The maximum Gasteiger partial charge on any atom is 0.325 e. The number of rotatable bonds is 4. The summed E-state index contributed by atoms with van der Waals surface area (Å²) in [6.45, 7) is 6.21. The van der Waals surface area contributed by atoms with Gasteiger partial charge in [0.1, 0.15) is 17.7 Å². The fourth-order valence-electron chi connectivity index (χ4n) is 5.14. The van der Waals surface area contributed by atoms with E-state index in [9.17, 15) is 14.4 Å². The van der Waals surface area contributed by atoms with Crippen molar-refractivity contribution in [3.05, 3.63) is 35.2 Å². The molecule has 3 heterocycles. The number of carbonyl (C=O) groups is 3. The molecule has 2 aromatic rings. The molecule has 1 spiro atoms. The Balaban J connectivity index is 1.40. The number of hydrogen-bond acceptors (Lipinski definition) is 4. The number of amides is 4.